The van der Waals surface area contributed by atoms with E-state index in [0.717, 1.165) is 40.9 Å². The first-order valence-corrected chi connectivity index (χ1v) is 10.2. The number of fused-ring (bicyclic) bond motifs is 1. The molecule has 0 bridgehead atoms. The van der Waals surface area contributed by atoms with Gasteiger partial charge < -0.3 is 4.74 Å². The summed E-state index contributed by atoms with van der Waals surface area (Å²) in [6.45, 7) is 3.65. The molecule has 0 spiro atoms. The van der Waals surface area contributed by atoms with E-state index in [2.05, 4.69) is 16.0 Å². The third-order valence-electron chi connectivity index (χ3n) is 5.46. The van der Waals surface area contributed by atoms with Gasteiger partial charge in [-0.25, -0.2) is 13.5 Å². The van der Waals surface area contributed by atoms with Gasteiger partial charge in [-0.3, -0.25) is 20.4 Å². The molecule has 2 aromatic carbocycles. The summed E-state index contributed by atoms with van der Waals surface area (Å²) in [6.07, 6.45) is 2.10. The molecule has 1 aliphatic carbocycles. The number of carbonyl (C=O) groups excluding carboxylic acids is 2. The minimum Gasteiger partial charge on any atom is -0.484 e. The van der Waals surface area contributed by atoms with Gasteiger partial charge in [0.15, 0.2) is 23.9 Å². The molecule has 0 radical (unpaired) electrons. The van der Waals surface area contributed by atoms with Crippen LogP contribution in [0, 0.1) is 25.5 Å². The molecule has 0 atom stereocenters. The second-order valence-electron chi connectivity index (χ2n) is 7.67. The number of rotatable bonds is 5. The van der Waals surface area contributed by atoms with Crippen LogP contribution in [0.25, 0.3) is 5.69 Å². The van der Waals surface area contributed by atoms with Crippen molar-refractivity contribution < 1.29 is 23.1 Å². The van der Waals surface area contributed by atoms with E-state index in [1.807, 2.05) is 26.0 Å². The van der Waals surface area contributed by atoms with Gasteiger partial charge in [-0.2, -0.15) is 5.10 Å². The predicted molar refractivity (Wildman–Crippen MR) is 113 cm³/mol. The van der Waals surface area contributed by atoms with Crippen LogP contribution < -0.4 is 15.6 Å². The molecule has 1 heterocycles. The Labute approximate surface area is 183 Å². The van der Waals surface area contributed by atoms with Crippen molar-refractivity contribution in [3.05, 3.63) is 76.1 Å². The number of aryl methyl sites for hydroxylation is 2. The number of nitrogens with one attached hydrogen (secondary N) is 2. The molecule has 2 N–H and O–H groups in total. The van der Waals surface area contributed by atoms with Gasteiger partial charge in [0.1, 0.15) is 5.75 Å². The zero-order chi connectivity index (χ0) is 22.8. The van der Waals surface area contributed by atoms with Gasteiger partial charge in [-0.05, 0) is 68.5 Å². The summed E-state index contributed by atoms with van der Waals surface area (Å²) >= 11 is 0. The third-order valence-corrected chi connectivity index (χ3v) is 5.46. The number of amides is 2. The van der Waals surface area contributed by atoms with Gasteiger partial charge in [0, 0.05) is 17.3 Å². The molecule has 9 heteroatoms. The standard InChI is InChI=1S/C23H22F2N4O3/c1-13-6-8-16(10-14(13)2)32-12-21(30)26-27-23(31)22-17-4-3-5-20(17)29(28-22)15-7-9-18(24)19(25)11-15/h6-11H,3-5,12H2,1-2H3,(H,26,30)(H,27,31). The van der Waals surface area contributed by atoms with E-state index in [9.17, 15) is 18.4 Å². The molecular formula is C23H22F2N4O3. The fraction of sp³-hybridized carbons (Fsp3) is 0.261. The maximum atomic E-state index is 13.7. The smallest absolute Gasteiger partial charge is 0.290 e. The molecule has 32 heavy (non-hydrogen) atoms. The minimum atomic E-state index is -0.994. The van der Waals surface area contributed by atoms with E-state index in [-0.39, 0.29) is 12.3 Å². The fourth-order valence-electron chi connectivity index (χ4n) is 3.62. The summed E-state index contributed by atoms with van der Waals surface area (Å²) in [5, 5.41) is 4.30. The van der Waals surface area contributed by atoms with Crippen molar-refractivity contribution in [1.82, 2.24) is 20.6 Å². The fourth-order valence-corrected chi connectivity index (χ4v) is 3.62. The summed E-state index contributed by atoms with van der Waals surface area (Å²) in [6, 6.07) is 8.95. The number of hydrogen-bond acceptors (Lipinski definition) is 4. The molecule has 0 fully saturated rings. The van der Waals surface area contributed by atoms with Crippen LogP contribution in [0.15, 0.2) is 36.4 Å². The number of aromatic nitrogens is 2. The van der Waals surface area contributed by atoms with Crippen LogP contribution in [-0.4, -0.2) is 28.2 Å². The summed E-state index contributed by atoms with van der Waals surface area (Å²) in [4.78, 5) is 24.7. The van der Waals surface area contributed by atoms with Crippen LogP contribution in [0.3, 0.4) is 0 Å². The molecule has 2 amide bonds. The average molecular weight is 440 g/mol. The zero-order valence-electron chi connectivity index (χ0n) is 17.7. The van der Waals surface area contributed by atoms with Crippen molar-refractivity contribution in [2.75, 3.05) is 6.61 Å². The van der Waals surface area contributed by atoms with Crippen LogP contribution >= 0.6 is 0 Å². The Bertz CT molecular complexity index is 1210. The largest absolute Gasteiger partial charge is 0.484 e. The molecular weight excluding hydrogens is 418 g/mol. The van der Waals surface area contributed by atoms with E-state index in [1.165, 1.54) is 10.7 Å². The topological polar surface area (TPSA) is 85.2 Å². The first kappa shape index (κ1) is 21.5. The maximum absolute atomic E-state index is 13.7. The van der Waals surface area contributed by atoms with Crippen LogP contribution in [-0.2, 0) is 17.6 Å². The number of benzene rings is 2. The van der Waals surface area contributed by atoms with Crippen LogP contribution in [0.4, 0.5) is 8.78 Å². The van der Waals surface area contributed by atoms with Crippen LogP contribution in [0.5, 0.6) is 5.75 Å². The molecule has 7 nitrogen and oxygen atoms in total. The normalized spacial score (nSPS) is 12.4. The number of ether oxygens (including phenoxy) is 1. The van der Waals surface area contributed by atoms with E-state index in [4.69, 9.17) is 4.74 Å². The summed E-state index contributed by atoms with van der Waals surface area (Å²) < 4.78 is 33.9. The van der Waals surface area contributed by atoms with E-state index in [1.54, 1.807) is 6.07 Å². The van der Waals surface area contributed by atoms with Gasteiger partial charge in [0.2, 0.25) is 0 Å². The van der Waals surface area contributed by atoms with E-state index >= 15 is 0 Å². The molecule has 0 unspecified atom stereocenters. The lowest BCUT2D eigenvalue weighted by Gasteiger charge is -2.09. The Balaban J connectivity index is 1.41. The number of halogens is 2. The summed E-state index contributed by atoms with van der Waals surface area (Å²) in [5.74, 6) is -2.53. The van der Waals surface area contributed by atoms with Crippen LogP contribution in [0.1, 0.15) is 39.3 Å². The second kappa shape index (κ2) is 8.78. The summed E-state index contributed by atoms with van der Waals surface area (Å²) in [5.41, 5.74) is 8.77. The minimum absolute atomic E-state index is 0.137. The molecule has 1 aliphatic rings. The molecule has 1 aromatic heterocycles. The summed E-state index contributed by atoms with van der Waals surface area (Å²) in [7, 11) is 0. The lowest BCUT2D eigenvalue weighted by atomic mass is 10.1. The molecule has 0 saturated heterocycles. The van der Waals surface area contributed by atoms with E-state index < -0.39 is 23.4 Å². The average Bonchev–Trinajstić information content (AvgIpc) is 3.38. The van der Waals surface area contributed by atoms with Crippen molar-refractivity contribution in [3.8, 4) is 11.4 Å². The second-order valence-corrected chi connectivity index (χ2v) is 7.67. The third kappa shape index (κ3) is 4.32. The highest BCUT2D eigenvalue weighted by Crippen LogP contribution is 2.28. The first-order valence-electron chi connectivity index (χ1n) is 10.2. The van der Waals surface area contributed by atoms with Gasteiger partial charge in [-0.1, -0.05) is 6.07 Å². The van der Waals surface area contributed by atoms with Gasteiger partial charge in [0.25, 0.3) is 11.8 Å². The van der Waals surface area contributed by atoms with E-state index in [0.29, 0.717) is 24.3 Å². The Morgan fingerprint density at radius 1 is 1.03 bits per heavy atom. The SMILES string of the molecule is Cc1ccc(OCC(=O)NNC(=O)c2nn(-c3ccc(F)c(F)c3)c3c2CCC3)cc1C. The molecule has 0 saturated carbocycles. The van der Waals surface area contributed by atoms with Gasteiger partial charge >= 0.3 is 0 Å². The highest BCUT2D eigenvalue weighted by Gasteiger charge is 2.27. The van der Waals surface area contributed by atoms with Crippen molar-refractivity contribution in [2.45, 2.75) is 33.1 Å². The quantitative estimate of drug-likeness (QED) is 0.597. The predicted octanol–water partition coefficient (Wildman–Crippen LogP) is 3.10. The van der Waals surface area contributed by atoms with Gasteiger partial charge in [0.05, 0.1) is 5.69 Å². The number of nitrogens with zero attached hydrogens (tertiary/aromatic N) is 2. The molecule has 0 aliphatic heterocycles. The Morgan fingerprint density at radius 2 is 1.84 bits per heavy atom. The Hall–Kier alpha value is -3.75. The molecule has 4 rings (SSSR count). The Morgan fingerprint density at radius 3 is 2.59 bits per heavy atom. The number of carbonyl (C=O) groups is 2. The Kier molecular flexibility index (Phi) is 5.89. The highest BCUT2D eigenvalue weighted by atomic mass is 19.2. The molecule has 3 aromatic rings. The maximum Gasteiger partial charge on any atom is 0.290 e. The van der Waals surface area contributed by atoms with Crippen molar-refractivity contribution in [2.24, 2.45) is 0 Å². The molecule has 166 valence electrons. The lowest BCUT2D eigenvalue weighted by Crippen LogP contribution is -2.44. The van der Waals surface area contributed by atoms with Gasteiger partial charge in [-0.15, -0.1) is 0 Å². The van der Waals surface area contributed by atoms with Crippen molar-refractivity contribution in [1.29, 1.82) is 0 Å². The lowest BCUT2D eigenvalue weighted by molar-refractivity contribution is -0.123. The van der Waals surface area contributed by atoms with Crippen molar-refractivity contribution in [3.63, 3.8) is 0 Å². The van der Waals surface area contributed by atoms with Crippen LogP contribution in [0.2, 0.25) is 0 Å². The zero-order valence-corrected chi connectivity index (χ0v) is 17.7. The highest BCUT2D eigenvalue weighted by molar-refractivity contribution is 5.95. The monoisotopic (exact) mass is 440 g/mol. The number of hydrazine groups is 1. The van der Waals surface area contributed by atoms with Crippen molar-refractivity contribution >= 4 is 11.8 Å². The first-order chi connectivity index (χ1) is 15.3. The number of hydrogen-bond donors (Lipinski definition) is 2.